The zero-order valence-electron chi connectivity index (χ0n) is 11.9. The average molecular weight is 335 g/mol. The number of halogens is 2. The van der Waals surface area contributed by atoms with Gasteiger partial charge in [0.15, 0.2) is 10.9 Å². The Morgan fingerprint density at radius 3 is 2.61 bits per heavy atom. The van der Waals surface area contributed by atoms with Crippen molar-refractivity contribution in [3.63, 3.8) is 0 Å². The molecule has 1 aromatic heterocycles. The number of aromatic nitrogens is 1. The number of rotatable bonds is 3. The van der Waals surface area contributed by atoms with E-state index < -0.39 is 17.7 Å². The lowest BCUT2D eigenvalue weighted by Crippen LogP contribution is -2.19. The Bertz CT molecular complexity index is 865. The number of nitrogens with one attached hydrogen (secondary N) is 2. The van der Waals surface area contributed by atoms with Gasteiger partial charge in [-0.25, -0.2) is 18.6 Å². The molecule has 0 atom stereocenters. The minimum atomic E-state index is -0.764. The maximum absolute atomic E-state index is 13.6. The third-order valence-corrected chi connectivity index (χ3v) is 3.90. The highest BCUT2D eigenvalue weighted by atomic mass is 32.1. The summed E-state index contributed by atoms with van der Waals surface area (Å²) in [4.78, 5) is 15.9. The number of carbonyl (C=O) groups is 1. The first-order chi connectivity index (χ1) is 11.0. The fraction of sp³-hybridized carbons (Fsp3) is 0.0667. The topological polar surface area (TPSA) is 63.2 Å². The molecule has 5 nitrogen and oxygen atoms in total. The summed E-state index contributed by atoms with van der Waals surface area (Å²) in [6.07, 6.45) is 0. The van der Waals surface area contributed by atoms with Crippen molar-refractivity contribution in [3.8, 4) is 5.75 Å². The average Bonchev–Trinajstić information content (AvgIpc) is 2.90. The van der Waals surface area contributed by atoms with Crippen LogP contribution in [-0.4, -0.2) is 18.1 Å². The molecule has 0 spiro atoms. The predicted octanol–water partition coefficient (Wildman–Crippen LogP) is 4.23. The smallest absolute Gasteiger partial charge is 0.325 e. The number of carbonyl (C=O) groups excluding carboxylic acids is 1. The number of amides is 2. The van der Waals surface area contributed by atoms with Gasteiger partial charge in [-0.05, 0) is 30.3 Å². The maximum Gasteiger partial charge on any atom is 0.325 e. The Kier molecular flexibility index (Phi) is 4.07. The molecule has 2 amide bonds. The third kappa shape index (κ3) is 3.37. The summed E-state index contributed by atoms with van der Waals surface area (Å²) in [5, 5.41) is 5.27. The molecule has 0 unspecified atom stereocenters. The molecule has 0 aliphatic carbocycles. The van der Waals surface area contributed by atoms with E-state index in [2.05, 4.69) is 15.6 Å². The first kappa shape index (κ1) is 15.2. The number of anilines is 2. The van der Waals surface area contributed by atoms with Crippen molar-refractivity contribution >= 4 is 38.4 Å². The number of hydrogen-bond acceptors (Lipinski definition) is 4. The number of methoxy groups -OCH3 is 1. The Balaban J connectivity index is 1.73. The van der Waals surface area contributed by atoms with Gasteiger partial charge in [0, 0.05) is 11.8 Å². The summed E-state index contributed by atoms with van der Waals surface area (Å²) in [6, 6.07) is 8.13. The quantitative estimate of drug-likeness (QED) is 0.753. The molecule has 0 fully saturated rings. The molecule has 0 aliphatic rings. The van der Waals surface area contributed by atoms with Crippen LogP contribution in [-0.2, 0) is 0 Å². The fourth-order valence-corrected chi connectivity index (χ4v) is 2.84. The summed E-state index contributed by atoms with van der Waals surface area (Å²) >= 11 is 0.988. The highest BCUT2D eigenvalue weighted by Crippen LogP contribution is 2.28. The van der Waals surface area contributed by atoms with E-state index in [-0.39, 0.29) is 10.6 Å². The van der Waals surface area contributed by atoms with Crippen molar-refractivity contribution in [2.45, 2.75) is 0 Å². The summed E-state index contributed by atoms with van der Waals surface area (Å²) in [7, 11) is 1.55. The van der Waals surface area contributed by atoms with Crippen LogP contribution in [0.3, 0.4) is 0 Å². The SMILES string of the molecule is COc1ccc(NC(=O)Nc2nc3c(F)cc(F)cc3s2)cc1. The lowest BCUT2D eigenvalue weighted by Gasteiger charge is -2.06. The number of hydrogen-bond donors (Lipinski definition) is 2. The summed E-state index contributed by atoms with van der Waals surface area (Å²) in [6.45, 7) is 0. The van der Waals surface area contributed by atoms with E-state index in [1.807, 2.05) is 0 Å². The standard InChI is InChI=1S/C15H11F2N3O2S/c1-22-10-4-2-9(3-5-10)18-14(21)20-15-19-13-11(17)6-8(16)7-12(13)23-15/h2-7H,1H3,(H2,18,19,20,21). The van der Waals surface area contributed by atoms with E-state index in [1.165, 1.54) is 6.07 Å². The first-order valence-corrected chi connectivity index (χ1v) is 7.34. The van der Waals surface area contributed by atoms with Gasteiger partial charge in [0.25, 0.3) is 0 Å². The molecule has 0 radical (unpaired) electrons. The molecule has 2 N–H and O–H groups in total. The third-order valence-electron chi connectivity index (χ3n) is 2.98. The van der Waals surface area contributed by atoms with E-state index in [0.29, 0.717) is 16.1 Å². The van der Waals surface area contributed by atoms with Crippen LogP contribution in [0.4, 0.5) is 24.4 Å². The second kappa shape index (κ2) is 6.17. The highest BCUT2D eigenvalue weighted by Gasteiger charge is 2.12. The summed E-state index contributed by atoms with van der Waals surface area (Å²) < 4.78 is 32.1. The normalized spacial score (nSPS) is 10.6. The molecule has 2 aromatic carbocycles. The summed E-state index contributed by atoms with van der Waals surface area (Å²) in [5.41, 5.74) is 0.581. The minimum Gasteiger partial charge on any atom is -0.497 e. The predicted molar refractivity (Wildman–Crippen MR) is 85.2 cm³/mol. The second-order valence-electron chi connectivity index (χ2n) is 4.56. The van der Waals surface area contributed by atoms with Crippen LogP contribution in [0.25, 0.3) is 10.2 Å². The van der Waals surface area contributed by atoms with Crippen LogP contribution in [0.5, 0.6) is 5.75 Å². The molecule has 8 heteroatoms. The Morgan fingerprint density at radius 1 is 1.17 bits per heavy atom. The summed E-state index contributed by atoms with van der Waals surface area (Å²) in [5.74, 6) is -0.785. The molecule has 0 aliphatic heterocycles. The first-order valence-electron chi connectivity index (χ1n) is 6.53. The zero-order valence-corrected chi connectivity index (χ0v) is 12.7. The van der Waals surface area contributed by atoms with Gasteiger partial charge < -0.3 is 10.1 Å². The second-order valence-corrected chi connectivity index (χ2v) is 5.59. The molecule has 1 heterocycles. The number of nitrogens with zero attached hydrogens (tertiary/aromatic N) is 1. The van der Waals surface area contributed by atoms with Crippen molar-refractivity contribution in [1.29, 1.82) is 0 Å². The van der Waals surface area contributed by atoms with Gasteiger partial charge in [-0.1, -0.05) is 11.3 Å². The molecule has 0 saturated carbocycles. The van der Waals surface area contributed by atoms with E-state index >= 15 is 0 Å². The Morgan fingerprint density at radius 2 is 1.91 bits per heavy atom. The largest absolute Gasteiger partial charge is 0.497 e. The van der Waals surface area contributed by atoms with Crippen LogP contribution < -0.4 is 15.4 Å². The van der Waals surface area contributed by atoms with Crippen LogP contribution in [0.1, 0.15) is 0 Å². The van der Waals surface area contributed by atoms with Gasteiger partial charge in [0.05, 0.1) is 11.8 Å². The molecular weight excluding hydrogens is 324 g/mol. The minimum absolute atomic E-state index is 0.0242. The molecule has 3 rings (SSSR count). The number of ether oxygens (including phenoxy) is 1. The van der Waals surface area contributed by atoms with Crippen molar-refractivity contribution in [2.75, 3.05) is 17.7 Å². The molecule has 0 bridgehead atoms. The van der Waals surface area contributed by atoms with Gasteiger partial charge in [0.1, 0.15) is 17.1 Å². The van der Waals surface area contributed by atoms with E-state index in [0.717, 1.165) is 17.4 Å². The lowest BCUT2D eigenvalue weighted by molar-refractivity contribution is 0.262. The monoisotopic (exact) mass is 335 g/mol. The Hall–Kier alpha value is -2.74. The van der Waals surface area contributed by atoms with Crippen LogP contribution in [0, 0.1) is 11.6 Å². The lowest BCUT2D eigenvalue weighted by atomic mass is 10.3. The van der Waals surface area contributed by atoms with Crippen molar-refractivity contribution in [3.05, 3.63) is 48.0 Å². The molecule has 0 saturated heterocycles. The van der Waals surface area contributed by atoms with Gasteiger partial charge in [-0.3, -0.25) is 5.32 Å². The van der Waals surface area contributed by atoms with Crippen LogP contribution in [0.2, 0.25) is 0 Å². The molecule has 23 heavy (non-hydrogen) atoms. The molecule has 118 valence electrons. The van der Waals surface area contributed by atoms with Crippen molar-refractivity contribution < 1.29 is 18.3 Å². The van der Waals surface area contributed by atoms with E-state index in [9.17, 15) is 13.6 Å². The van der Waals surface area contributed by atoms with Gasteiger partial charge >= 0.3 is 6.03 Å². The van der Waals surface area contributed by atoms with E-state index in [4.69, 9.17) is 4.74 Å². The highest BCUT2D eigenvalue weighted by molar-refractivity contribution is 7.22. The number of fused-ring (bicyclic) bond motifs is 1. The number of urea groups is 1. The van der Waals surface area contributed by atoms with Crippen LogP contribution in [0.15, 0.2) is 36.4 Å². The fourth-order valence-electron chi connectivity index (χ4n) is 1.94. The number of thiazole rings is 1. The van der Waals surface area contributed by atoms with Crippen molar-refractivity contribution in [2.24, 2.45) is 0 Å². The molecule has 3 aromatic rings. The molecular formula is C15H11F2N3O2S. The van der Waals surface area contributed by atoms with Gasteiger partial charge in [0.2, 0.25) is 0 Å². The Labute approximate surface area is 133 Å². The van der Waals surface area contributed by atoms with Gasteiger partial charge in [-0.2, -0.15) is 0 Å². The maximum atomic E-state index is 13.6. The number of benzene rings is 2. The van der Waals surface area contributed by atoms with Crippen molar-refractivity contribution in [1.82, 2.24) is 4.98 Å². The van der Waals surface area contributed by atoms with Crippen LogP contribution >= 0.6 is 11.3 Å². The zero-order chi connectivity index (χ0) is 16.4. The van der Waals surface area contributed by atoms with Gasteiger partial charge in [-0.15, -0.1) is 0 Å². The van der Waals surface area contributed by atoms with E-state index in [1.54, 1.807) is 31.4 Å².